The zero-order valence-electron chi connectivity index (χ0n) is 11.0. The van der Waals surface area contributed by atoms with Gasteiger partial charge in [-0.25, -0.2) is 9.97 Å². The van der Waals surface area contributed by atoms with Crippen molar-refractivity contribution in [3.05, 3.63) is 17.0 Å². The molecule has 1 aromatic rings. The summed E-state index contributed by atoms with van der Waals surface area (Å²) in [6.07, 6.45) is 4.97. The predicted molar refractivity (Wildman–Crippen MR) is 73.3 cm³/mol. The number of hydrogen-bond donors (Lipinski definition) is 0. The number of hydrogen-bond acceptors (Lipinski definition) is 4. The Bertz CT molecular complexity index is 398. The van der Waals surface area contributed by atoms with Gasteiger partial charge in [0, 0.05) is 25.3 Å². The quantitative estimate of drug-likeness (QED) is 0.788. The summed E-state index contributed by atoms with van der Waals surface area (Å²) in [4.78, 5) is 10.7. The maximum absolute atomic E-state index is 6.14. The van der Waals surface area contributed by atoms with E-state index in [0.717, 1.165) is 50.3 Å². The molecule has 1 aliphatic rings. The molecule has 0 amide bonds. The van der Waals surface area contributed by atoms with E-state index < -0.39 is 0 Å². The van der Waals surface area contributed by atoms with Crippen LogP contribution >= 0.6 is 11.6 Å². The minimum Gasteiger partial charge on any atom is -0.377 e. The van der Waals surface area contributed by atoms with E-state index in [2.05, 4.69) is 21.8 Å². The van der Waals surface area contributed by atoms with E-state index in [0.29, 0.717) is 11.3 Å². The van der Waals surface area contributed by atoms with E-state index in [4.69, 9.17) is 16.3 Å². The second-order valence-electron chi connectivity index (χ2n) is 4.49. The normalized spacial score (nSPS) is 20.2. The highest BCUT2D eigenvalue weighted by Crippen LogP contribution is 2.26. The van der Waals surface area contributed by atoms with Crippen LogP contribution in [0.4, 0.5) is 5.82 Å². The van der Waals surface area contributed by atoms with Crippen LogP contribution in [0.2, 0.25) is 5.15 Å². The van der Waals surface area contributed by atoms with Crippen LogP contribution in [0.25, 0.3) is 0 Å². The van der Waals surface area contributed by atoms with Crippen molar-refractivity contribution in [2.75, 3.05) is 24.6 Å². The molecule has 0 aliphatic carbocycles. The van der Waals surface area contributed by atoms with Crippen LogP contribution in [0.3, 0.4) is 0 Å². The lowest BCUT2D eigenvalue weighted by Crippen LogP contribution is -2.40. The molecule has 2 heterocycles. The van der Waals surface area contributed by atoms with E-state index in [9.17, 15) is 0 Å². The Kier molecular flexibility index (Phi) is 4.78. The minimum absolute atomic E-state index is 0.308. The molecule has 2 rings (SSSR count). The molecule has 0 bridgehead atoms. The second-order valence-corrected chi connectivity index (χ2v) is 4.84. The Labute approximate surface area is 113 Å². The highest BCUT2D eigenvalue weighted by Gasteiger charge is 2.23. The molecule has 1 unspecified atom stereocenters. The van der Waals surface area contributed by atoms with Crippen LogP contribution in [-0.4, -0.2) is 35.8 Å². The zero-order valence-corrected chi connectivity index (χ0v) is 11.8. The van der Waals surface area contributed by atoms with Gasteiger partial charge in [-0.2, -0.15) is 0 Å². The van der Waals surface area contributed by atoms with E-state index in [1.807, 2.05) is 6.92 Å². The molecule has 1 atom stereocenters. The predicted octanol–water partition coefficient (Wildman–Crippen LogP) is 2.70. The van der Waals surface area contributed by atoms with Crippen molar-refractivity contribution in [1.29, 1.82) is 0 Å². The Morgan fingerprint density at radius 2 is 2.28 bits per heavy atom. The van der Waals surface area contributed by atoms with E-state index >= 15 is 0 Å². The molecule has 0 aromatic carbocycles. The summed E-state index contributed by atoms with van der Waals surface area (Å²) in [5, 5.41) is 0.570. The number of ether oxygens (including phenoxy) is 1. The maximum Gasteiger partial charge on any atom is 0.137 e. The van der Waals surface area contributed by atoms with E-state index in [1.165, 1.54) is 0 Å². The molecule has 1 fully saturated rings. The van der Waals surface area contributed by atoms with Gasteiger partial charge < -0.3 is 9.64 Å². The van der Waals surface area contributed by atoms with Gasteiger partial charge in [-0.05, 0) is 26.2 Å². The van der Waals surface area contributed by atoms with Gasteiger partial charge in [0.2, 0.25) is 0 Å². The smallest absolute Gasteiger partial charge is 0.137 e. The summed E-state index contributed by atoms with van der Waals surface area (Å²) in [6, 6.07) is 0. The summed E-state index contributed by atoms with van der Waals surface area (Å²) < 4.78 is 5.72. The average Bonchev–Trinajstić information content (AvgIpc) is 2.39. The lowest BCUT2D eigenvalue weighted by Gasteiger charge is -2.34. The maximum atomic E-state index is 6.14. The van der Waals surface area contributed by atoms with Gasteiger partial charge in [0.05, 0.1) is 6.10 Å². The topological polar surface area (TPSA) is 38.2 Å². The fraction of sp³-hybridized carbons (Fsp3) is 0.692. The second kappa shape index (κ2) is 6.34. The third-order valence-electron chi connectivity index (χ3n) is 3.30. The first-order valence-electron chi connectivity index (χ1n) is 6.62. The lowest BCUT2D eigenvalue weighted by molar-refractivity contribution is 0.0525. The van der Waals surface area contributed by atoms with Crippen molar-refractivity contribution in [2.24, 2.45) is 0 Å². The molecule has 5 heteroatoms. The van der Waals surface area contributed by atoms with Crippen molar-refractivity contribution in [3.63, 3.8) is 0 Å². The van der Waals surface area contributed by atoms with Crippen LogP contribution in [0.5, 0.6) is 0 Å². The lowest BCUT2D eigenvalue weighted by atomic mass is 10.1. The number of halogens is 1. The number of aromatic nitrogens is 2. The largest absolute Gasteiger partial charge is 0.377 e. The molecule has 18 heavy (non-hydrogen) atoms. The number of piperidine rings is 1. The molecule has 1 aromatic heterocycles. The Balaban J connectivity index is 2.18. The molecule has 0 radical (unpaired) electrons. The van der Waals surface area contributed by atoms with Crippen LogP contribution in [0, 0.1) is 0 Å². The molecular weight excluding hydrogens is 250 g/mol. The summed E-state index contributed by atoms with van der Waals surface area (Å²) >= 11 is 6.14. The van der Waals surface area contributed by atoms with Gasteiger partial charge in [-0.3, -0.25) is 0 Å². The first-order chi connectivity index (χ1) is 8.76. The molecule has 0 spiro atoms. The third kappa shape index (κ3) is 2.93. The van der Waals surface area contributed by atoms with Gasteiger partial charge >= 0.3 is 0 Å². The number of anilines is 1. The van der Waals surface area contributed by atoms with Crippen molar-refractivity contribution in [1.82, 2.24) is 9.97 Å². The number of nitrogens with zero attached hydrogens (tertiary/aromatic N) is 3. The van der Waals surface area contributed by atoms with Crippen LogP contribution in [0.1, 0.15) is 32.3 Å². The summed E-state index contributed by atoms with van der Waals surface area (Å²) in [7, 11) is 0. The fourth-order valence-corrected chi connectivity index (χ4v) is 2.72. The minimum atomic E-state index is 0.308. The van der Waals surface area contributed by atoms with Gasteiger partial charge in [-0.15, -0.1) is 0 Å². The standard InChI is InChI=1S/C13H20ClN3O/c1-3-11-12(14)15-9-16-13(11)17-7-5-6-10(8-17)18-4-2/h9-10H,3-8H2,1-2H3. The Morgan fingerprint density at radius 3 is 3.00 bits per heavy atom. The molecule has 0 saturated carbocycles. The van der Waals surface area contributed by atoms with Crippen LogP contribution in [-0.2, 0) is 11.2 Å². The monoisotopic (exact) mass is 269 g/mol. The highest BCUT2D eigenvalue weighted by molar-refractivity contribution is 6.30. The van der Waals surface area contributed by atoms with E-state index in [1.54, 1.807) is 6.33 Å². The van der Waals surface area contributed by atoms with Crippen LogP contribution in [0.15, 0.2) is 6.33 Å². The SMILES string of the molecule is CCOC1CCCN(c2ncnc(Cl)c2CC)C1. The van der Waals surface area contributed by atoms with Crippen molar-refractivity contribution in [2.45, 2.75) is 39.2 Å². The van der Waals surface area contributed by atoms with Crippen molar-refractivity contribution in [3.8, 4) is 0 Å². The molecule has 1 saturated heterocycles. The Hall–Kier alpha value is -0.870. The van der Waals surface area contributed by atoms with Crippen LogP contribution < -0.4 is 4.90 Å². The highest BCUT2D eigenvalue weighted by atomic mass is 35.5. The molecular formula is C13H20ClN3O. The van der Waals surface area contributed by atoms with Crippen molar-refractivity contribution >= 4 is 17.4 Å². The van der Waals surface area contributed by atoms with E-state index in [-0.39, 0.29) is 0 Å². The van der Waals surface area contributed by atoms with Gasteiger partial charge in [0.25, 0.3) is 0 Å². The fourth-order valence-electron chi connectivity index (χ4n) is 2.46. The first-order valence-corrected chi connectivity index (χ1v) is 7.00. The molecule has 100 valence electrons. The Morgan fingerprint density at radius 1 is 1.44 bits per heavy atom. The van der Waals surface area contributed by atoms with Gasteiger partial charge in [0.1, 0.15) is 17.3 Å². The molecule has 0 N–H and O–H groups in total. The first kappa shape index (κ1) is 13.6. The molecule has 1 aliphatic heterocycles. The van der Waals surface area contributed by atoms with Gasteiger partial charge in [0.15, 0.2) is 0 Å². The average molecular weight is 270 g/mol. The summed E-state index contributed by atoms with van der Waals surface area (Å²) in [5.41, 5.74) is 1.04. The van der Waals surface area contributed by atoms with Gasteiger partial charge in [-0.1, -0.05) is 18.5 Å². The number of rotatable bonds is 4. The summed E-state index contributed by atoms with van der Waals surface area (Å²) in [5.74, 6) is 0.974. The molecule has 4 nitrogen and oxygen atoms in total. The third-order valence-corrected chi connectivity index (χ3v) is 3.63. The van der Waals surface area contributed by atoms with Crippen molar-refractivity contribution < 1.29 is 4.74 Å². The summed E-state index contributed by atoms with van der Waals surface area (Å²) in [6.45, 7) is 6.80. The zero-order chi connectivity index (χ0) is 13.0.